The van der Waals surface area contributed by atoms with Crippen molar-refractivity contribution in [1.82, 2.24) is 10.2 Å². The number of ether oxygens (including phenoxy) is 1. The molecule has 1 saturated heterocycles. The van der Waals surface area contributed by atoms with Gasteiger partial charge >= 0.3 is 0 Å². The molecule has 0 bridgehead atoms. The number of halogens is 2. The number of morpholine rings is 1. The number of nitrogens with one attached hydrogen (secondary N) is 1. The van der Waals surface area contributed by atoms with E-state index in [0.717, 1.165) is 29.2 Å². The predicted molar refractivity (Wildman–Crippen MR) is 110 cm³/mol. The van der Waals surface area contributed by atoms with E-state index >= 15 is 0 Å². The summed E-state index contributed by atoms with van der Waals surface area (Å²) in [6.45, 7) is 3.03. The van der Waals surface area contributed by atoms with Gasteiger partial charge in [-0.3, -0.25) is 9.69 Å². The largest absolute Gasteiger partial charge is 0.382 e. The van der Waals surface area contributed by atoms with Gasteiger partial charge in [0, 0.05) is 26.1 Å². The third-order valence-corrected chi connectivity index (χ3v) is 6.29. The summed E-state index contributed by atoms with van der Waals surface area (Å²) in [5.74, 6) is -0.528. The van der Waals surface area contributed by atoms with E-state index in [0.29, 0.717) is 30.5 Å². The van der Waals surface area contributed by atoms with Crippen molar-refractivity contribution in [3.05, 3.63) is 57.0 Å². The first-order valence-corrected chi connectivity index (χ1v) is 10.6. The number of nitrogens with zero attached hydrogens (tertiary/aromatic N) is 2. The van der Waals surface area contributed by atoms with Gasteiger partial charge in [0.05, 0.1) is 28.5 Å². The maximum atomic E-state index is 13.8. The summed E-state index contributed by atoms with van der Waals surface area (Å²) in [4.78, 5) is 21.1. The number of thiophene rings is 1. The number of oxime groups is 1. The third-order valence-electron chi connectivity index (χ3n) is 5.01. The molecule has 0 saturated carbocycles. The van der Waals surface area contributed by atoms with Crippen molar-refractivity contribution in [2.24, 2.45) is 5.16 Å². The van der Waals surface area contributed by atoms with Gasteiger partial charge in [0.25, 0.3) is 5.91 Å². The normalized spacial score (nSPS) is 20.8. The molecule has 2 aliphatic heterocycles. The number of hydrogen-bond acceptors (Lipinski definition) is 6. The molecule has 1 aromatic heterocycles. The van der Waals surface area contributed by atoms with E-state index in [1.165, 1.54) is 23.5 Å². The molecule has 2 aromatic rings. The molecule has 1 amide bonds. The van der Waals surface area contributed by atoms with Crippen LogP contribution in [0.3, 0.4) is 0 Å². The standard InChI is InChI=1S/C20H21ClFN3O3S/c21-19-5-4-18(29-19)15-11-17(28-24-15)20(26)23-12-16(25-6-8-27-9-7-25)13-2-1-3-14(22)10-13/h1-5,10,16-17H,6-9,11-12H2,(H,23,26). The van der Waals surface area contributed by atoms with Gasteiger partial charge in [-0.1, -0.05) is 28.9 Å². The molecule has 2 atom stereocenters. The van der Waals surface area contributed by atoms with E-state index in [4.69, 9.17) is 21.2 Å². The quantitative estimate of drug-likeness (QED) is 0.753. The Hall–Kier alpha value is -2.00. The van der Waals surface area contributed by atoms with E-state index in [1.807, 2.05) is 12.1 Å². The van der Waals surface area contributed by atoms with Crippen LogP contribution in [0.5, 0.6) is 0 Å². The number of hydrogen-bond donors (Lipinski definition) is 1. The van der Waals surface area contributed by atoms with Crippen LogP contribution in [0.25, 0.3) is 0 Å². The van der Waals surface area contributed by atoms with E-state index in [1.54, 1.807) is 12.1 Å². The minimum atomic E-state index is -0.677. The molecule has 154 valence electrons. The molecule has 1 aromatic carbocycles. The highest BCUT2D eigenvalue weighted by molar-refractivity contribution is 7.18. The monoisotopic (exact) mass is 437 g/mol. The molecule has 2 aliphatic rings. The number of rotatable bonds is 6. The van der Waals surface area contributed by atoms with E-state index < -0.39 is 6.10 Å². The molecule has 6 nitrogen and oxygen atoms in total. The Morgan fingerprint density at radius 3 is 2.90 bits per heavy atom. The third kappa shape index (κ3) is 4.95. The lowest BCUT2D eigenvalue weighted by Crippen LogP contribution is -2.45. The van der Waals surface area contributed by atoms with E-state index in [-0.39, 0.29) is 17.8 Å². The highest BCUT2D eigenvalue weighted by Crippen LogP contribution is 2.27. The summed E-state index contributed by atoms with van der Waals surface area (Å²) >= 11 is 7.37. The average Bonchev–Trinajstić information content (AvgIpc) is 3.38. The molecule has 4 rings (SSSR count). The molecular weight excluding hydrogens is 417 g/mol. The topological polar surface area (TPSA) is 63.2 Å². The van der Waals surface area contributed by atoms with Gasteiger partial charge in [-0.2, -0.15) is 0 Å². The van der Waals surface area contributed by atoms with Crippen molar-refractivity contribution in [3.8, 4) is 0 Å². The van der Waals surface area contributed by atoms with Gasteiger partial charge in [-0.15, -0.1) is 11.3 Å². The minimum Gasteiger partial charge on any atom is -0.382 e. The fourth-order valence-electron chi connectivity index (χ4n) is 3.50. The van der Waals surface area contributed by atoms with Gasteiger partial charge in [-0.05, 0) is 29.8 Å². The zero-order valence-electron chi connectivity index (χ0n) is 15.6. The second kappa shape index (κ2) is 9.21. The Balaban J connectivity index is 1.39. The minimum absolute atomic E-state index is 0.142. The molecule has 1 fully saturated rings. The first-order chi connectivity index (χ1) is 14.1. The first kappa shape index (κ1) is 20.3. The van der Waals surface area contributed by atoms with E-state index in [9.17, 15) is 9.18 Å². The molecular formula is C20H21ClFN3O3S. The molecule has 9 heteroatoms. The number of amides is 1. The molecule has 0 spiro atoms. The number of carbonyl (C=O) groups is 1. The van der Waals surface area contributed by atoms with Crippen molar-refractivity contribution in [2.45, 2.75) is 18.6 Å². The van der Waals surface area contributed by atoms with Crippen LogP contribution in [0.15, 0.2) is 41.6 Å². The van der Waals surface area contributed by atoms with Crippen molar-refractivity contribution in [3.63, 3.8) is 0 Å². The Morgan fingerprint density at radius 2 is 2.17 bits per heavy atom. The zero-order valence-corrected chi connectivity index (χ0v) is 17.2. The van der Waals surface area contributed by atoms with Crippen LogP contribution in [0.2, 0.25) is 4.34 Å². The van der Waals surface area contributed by atoms with Gasteiger partial charge < -0.3 is 14.9 Å². The Morgan fingerprint density at radius 1 is 1.34 bits per heavy atom. The number of carbonyl (C=O) groups excluding carboxylic acids is 1. The lowest BCUT2D eigenvalue weighted by molar-refractivity contribution is -0.131. The lowest BCUT2D eigenvalue weighted by atomic mass is 10.0. The Kier molecular flexibility index (Phi) is 6.44. The maximum Gasteiger partial charge on any atom is 0.264 e. The highest BCUT2D eigenvalue weighted by Gasteiger charge is 2.31. The summed E-state index contributed by atoms with van der Waals surface area (Å²) in [6, 6.07) is 10.0. The van der Waals surface area contributed by atoms with Crippen LogP contribution >= 0.6 is 22.9 Å². The van der Waals surface area contributed by atoms with Crippen molar-refractivity contribution < 1.29 is 18.8 Å². The van der Waals surface area contributed by atoms with Crippen molar-refractivity contribution in [1.29, 1.82) is 0 Å². The average molecular weight is 438 g/mol. The van der Waals surface area contributed by atoms with Gasteiger partial charge in [-0.25, -0.2) is 4.39 Å². The Labute approximate surface area is 177 Å². The maximum absolute atomic E-state index is 13.8. The van der Waals surface area contributed by atoms with Crippen LogP contribution in [-0.4, -0.2) is 55.5 Å². The second-order valence-corrected chi connectivity index (χ2v) is 8.62. The summed E-state index contributed by atoms with van der Waals surface area (Å²) in [7, 11) is 0. The van der Waals surface area contributed by atoms with Crippen LogP contribution in [0.1, 0.15) is 22.9 Å². The lowest BCUT2D eigenvalue weighted by Gasteiger charge is -2.35. The van der Waals surface area contributed by atoms with Gasteiger partial charge in [0.1, 0.15) is 11.5 Å². The second-order valence-electron chi connectivity index (χ2n) is 6.90. The van der Waals surface area contributed by atoms with Gasteiger partial charge in [0.15, 0.2) is 0 Å². The van der Waals surface area contributed by atoms with Crippen LogP contribution in [0.4, 0.5) is 4.39 Å². The predicted octanol–water partition coefficient (Wildman–Crippen LogP) is 3.22. The van der Waals surface area contributed by atoms with Crippen LogP contribution in [0, 0.1) is 5.82 Å². The molecule has 3 heterocycles. The molecule has 1 N–H and O–H groups in total. The van der Waals surface area contributed by atoms with Crippen molar-refractivity contribution >= 4 is 34.6 Å². The van der Waals surface area contributed by atoms with Gasteiger partial charge in [0.2, 0.25) is 6.10 Å². The molecule has 2 unspecified atom stereocenters. The fourth-order valence-corrected chi connectivity index (χ4v) is 4.54. The SMILES string of the molecule is O=C(NCC(c1cccc(F)c1)N1CCOCC1)C1CC(c2ccc(Cl)s2)=NO1. The summed E-state index contributed by atoms with van der Waals surface area (Å²) in [6.07, 6.45) is -0.283. The van der Waals surface area contributed by atoms with Crippen LogP contribution in [-0.2, 0) is 14.4 Å². The zero-order chi connectivity index (χ0) is 20.2. The fraction of sp³-hybridized carbons (Fsp3) is 0.400. The van der Waals surface area contributed by atoms with Crippen LogP contribution < -0.4 is 5.32 Å². The number of benzene rings is 1. The molecule has 0 radical (unpaired) electrons. The summed E-state index contributed by atoms with van der Waals surface area (Å²) < 4.78 is 19.9. The van der Waals surface area contributed by atoms with Crippen molar-refractivity contribution in [2.75, 3.05) is 32.8 Å². The molecule has 29 heavy (non-hydrogen) atoms. The molecule has 0 aliphatic carbocycles. The van der Waals surface area contributed by atoms with E-state index in [2.05, 4.69) is 15.4 Å². The summed E-state index contributed by atoms with van der Waals surface area (Å²) in [5.41, 5.74) is 1.54. The summed E-state index contributed by atoms with van der Waals surface area (Å²) in [5, 5.41) is 6.99. The smallest absolute Gasteiger partial charge is 0.264 e. The highest BCUT2D eigenvalue weighted by atomic mass is 35.5. The Bertz CT molecular complexity index is 901. The first-order valence-electron chi connectivity index (χ1n) is 9.43.